The second-order valence-electron chi connectivity index (χ2n) is 5.53. The number of carbonyl (C=O) groups is 1. The van der Waals surface area contributed by atoms with E-state index >= 15 is 0 Å². The highest BCUT2D eigenvalue weighted by Crippen LogP contribution is 2.26. The molecule has 25 heavy (non-hydrogen) atoms. The topological polar surface area (TPSA) is 59.8 Å². The molecule has 5 nitrogen and oxygen atoms in total. The van der Waals surface area contributed by atoms with Gasteiger partial charge < -0.3 is 4.57 Å². The smallest absolute Gasteiger partial charge is 0.274 e. The van der Waals surface area contributed by atoms with Crippen molar-refractivity contribution in [1.82, 2.24) is 14.5 Å². The first-order chi connectivity index (χ1) is 12.1. The third-order valence-electron chi connectivity index (χ3n) is 3.92. The lowest BCUT2D eigenvalue weighted by Crippen LogP contribution is -2.15. The molecule has 124 valence electrons. The van der Waals surface area contributed by atoms with Gasteiger partial charge in [-0.05, 0) is 36.4 Å². The van der Waals surface area contributed by atoms with Crippen molar-refractivity contribution in [3.05, 3.63) is 64.9 Å². The number of pyridine rings is 1. The molecule has 4 rings (SSSR count). The molecular formula is C18H13ClN4OS. The first-order valence-electron chi connectivity index (χ1n) is 7.54. The van der Waals surface area contributed by atoms with Crippen LogP contribution in [-0.2, 0) is 7.05 Å². The molecule has 0 fully saturated rings. The lowest BCUT2D eigenvalue weighted by Gasteiger charge is -2.04. The van der Waals surface area contributed by atoms with Gasteiger partial charge >= 0.3 is 0 Å². The Morgan fingerprint density at radius 2 is 2.16 bits per heavy atom. The summed E-state index contributed by atoms with van der Waals surface area (Å²) >= 11 is 7.41. The number of nitrogens with one attached hydrogen (secondary N) is 1. The number of benzene rings is 1. The fraction of sp³-hybridized carbons (Fsp3) is 0.0556. The van der Waals surface area contributed by atoms with Crippen LogP contribution in [0.2, 0.25) is 5.02 Å². The summed E-state index contributed by atoms with van der Waals surface area (Å²) in [6, 6.07) is 11.2. The molecular weight excluding hydrogens is 356 g/mol. The van der Waals surface area contributed by atoms with E-state index in [1.807, 2.05) is 53.4 Å². The molecule has 3 heterocycles. The van der Waals surface area contributed by atoms with E-state index in [1.54, 1.807) is 12.4 Å². The van der Waals surface area contributed by atoms with Crippen molar-refractivity contribution >= 4 is 44.9 Å². The number of rotatable bonds is 3. The van der Waals surface area contributed by atoms with Crippen LogP contribution in [0.25, 0.3) is 22.2 Å². The summed E-state index contributed by atoms with van der Waals surface area (Å²) in [4.78, 5) is 21.2. The second kappa shape index (κ2) is 6.31. The molecule has 0 saturated carbocycles. The maximum atomic E-state index is 12.6. The summed E-state index contributed by atoms with van der Waals surface area (Å²) in [7, 11) is 1.86. The van der Waals surface area contributed by atoms with Crippen molar-refractivity contribution < 1.29 is 4.79 Å². The number of hydrogen-bond acceptors (Lipinski definition) is 4. The van der Waals surface area contributed by atoms with Crippen LogP contribution >= 0.6 is 22.9 Å². The van der Waals surface area contributed by atoms with Gasteiger partial charge in [0, 0.05) is 46.3 Å². The first-order valence-corrected chi connectivity index (χ1v) is 8.80. The van der Waals surface area contributed by atoms with E-state index < -0.39 is 0 Å². The van der Waals surface area contributed by atoms with Gasteiger partial charge in [-0.1, -0.05) is 11.6 Å². The lowest BCUT2D eigenvalue weighted by molar-refractivity contribution is 0.101. The minimum absolute atomic E-state index is 0.207. The molecule has 0 bridgehead atoms. The van der Waals surface area contributed by atoms with Crippen LogP contribution < -0.4 is 5.32 Å². The quantitative estimate of drug-likeness (QED) is 0.574. The predicted octanol–water partition coefficient (Wildman–Crippen LogP) is 4.60. The summed E-state index contributed by atoms with van der Waals surface area (Å²) in [5, 5.41) is 6.87. The zero-order chi connectivity index (χ0) is 17.4. The number of fused-ring (bicyclic) bond motifs is 1. The Hall–Kier alpha value is -2.70. The second-order valence-corrected chi connectivity index (χ2v) is 6.82. The number of aryl methyl sites for hydroxylation is 1. The Morgan fingerprint density at radius 1 is 1.28 bits per heavy atom. The van der Waals surface area contributed by atoms with E-state index in [-0.39, 0.29) is 5.91 Å². The highest BCUT2D eigenvalue weighted by Gasteiger charge is 2.15. The van der Waals surface area contributed by atoms with Crippen LogP contribution in [-0.4, -0.2) is 20.4 Å². The molecule has 4 aromatic rings. The average molecular weight is 369 g/mol. The monoisotopic (exact) mass is 368 g/mol. The van der Waals surface area contributed by atoms with Crippen LogP contribution in [0.5, 0.6) is 0 Å². The molecule has 0 aliphatic carbocycles. The molecule has 3 aromatic heterocycles. The maximum absolute atomic E-state index is 12.6. The first kappa shape index (κ1) is 15.8. The van der Waals surface area contributed by atoms with Gasteiger partial charge in [-0.15, -0.1) is 11.3 Å². The number of thiazole rings is 1. The Labute approximate surface area is 152 Å². The maximum Gasteiger partial charge on any atom is 0.274 e. The lowest BCUT2D eigenvalue weighted by atomic mass is 10.2. The van der Waals surface area contributed by atoms with Crippen LogP contribution in [0.3, 0.4) is 0 Å². The summed E-state index contributed by atoms with van der Waals surface area (Å²) < 4.78 is 1.84. The van der Waals surface area contributed by atoms with Gasteiger partial charge in [0.1, 0.15) is 5.69 Å². The number of halogens is 1. The largest absolute Gasteiger partial charge is 0.340 e. The Kier molecular flexibility index (Phi) is 3.99. The van der Waals surface area contributed by atoms with Gasteiger partial charge in [-0.25, -0.2) is 4.98 Å². The van der Waals surface area contributed by atoms with Gasteiger partial charge in [0.15, 0.2) is 5.13 Å². The normalized spacial score (nSPS) is 11.0. The molecule has 0 unspecified atom stereocenters. The fourth-order valence-corrected chi connectivity index (χ4v) is 3.57. The van der Waals surface area contributed by atoms with Gasteiger partial charge in [-0.3, -0.25) is 15.1 Å². The van der Waals surface area contributed by atoms with Crippen molar-refractivity contribution in [3.8, 4) is 11.3 Å². The Morgan fingerprint density at radius 3 is 2.96 bits per heavy atom. The summed E-state index contributed by atoms with van der Waals surface area (Å²) in [6.45, 7) is 0. The summed E-state index contributed by atoms with van der Waals surface area (Å²) in [5.74, 6) is -0.207. The van der Waals surface area contributed by atoms with Crippen molar-refractivity contribution in [2.24, 2.45) is 7.05 Å². The van der Waals surface area contributed by atoms with Crippen LogP contribution in [0.4, 0.5) is 5.13 Å². The molecule has 0 aliphatic heterocycles. The standard InChI is InChI=1S/C18H13ClN4OS/c1-23-15-5-4-13(19)7-12(15)8-16(23)17(24)22-18-21-14(10-25-18)11-3-2-6-20-9-11/h2-10H,1H3,(H,21,22,24). The number of hydrogen-bond donors (Lipinski definition) is 1. The predicted molar refractivity (Wildman–Crippen MR) is 101 cm³/mol. The van der Waals surface area contributed by atoms with Gasteiger partial charge in [0.2, 0.25) is 0 Å². The molecule has 0 saturated heterocycles. The average Bonchev–Trinajstić information content (AvgIpc) is 3.20. The van der Waals surface area contributed by atoms with Gasteiger partial charge in [0.05, 0.1) is 5.69 Å². The molecule has 0 atom stereocenters. The van der Waals surface area contributed by atoms with E-state index in [9.17, 15) is 4.79 Å². The number of anilines is 1. The van der Waals surface area contributed by atoms with Crippen LogP contribution in [0, 0.1) is 0 Å². The molecule has 7 heteroatoms. The molecule has 0 aliphatic rings. The van der Waals surface area contributed by atoms with E-state index in [0.29, 0.717) is 15.8 Å². The minimum Gasteiger partial charge on any atom is -0.340 e. The third-order valence-corrected chi connectivity index (χ3v) is 4.91. The van der Waals surface area contributed by atoms with Crippen molar-refractivity contribution in [2.45, 2.75) is 0 Å². The Balaban J connectivity index is 1.60. The summed E-state index contributed by atoms with van der Waals surface area (Å²) in [5.41, 5.74) is 3.20. The zero-order valence-electron chi connectivity index (χ0n) is 13.2. The van der Waals surface area contributed by atoms with E-state index in [2.05, 4.69) is 15.3 Å². The number of carbonyl (C=O) groups excluding carboxylic acids is 1. The zero-order valence-corrected chi connectivity index (χ0v) is 14.8. The van der Waals surface area contributed by atoms with Crippen LogP contribution in [0.15, 0.2) is 54.2 Å². The van der Waals surface area contributed by atoms with Crippen molar-refractivity contribution in [3.63, 3.8) is 0 Å². The molecule has 1 N–H and O–H groups in total. The SMILES string of the molecule is Cn1c(C(=O)Nc2nc(-c3cccnc3)cs2)cc2cc(Cl)ccc21. The van der Waals surface area contributed by atoms with Crippen LogP contribution in [0.1, 0.15) is 10.5 Å². The molecule has 0 spiro atoms. The third kappa shape index (κ3) is 3.01. The number of nitrogens with zero attached hydrogens (tertiary/aromatic N) is 3. The van der Waals surface area contributed by atoms with Crippen molar-refractivity contribution in [2.75, 3.05) is 5.32 Å². The molecule has 1 amide bonds. The number of aromatic nitrogens is 3. The van der Waals surface area contributed by atoms with Gasteiger partial charge in [0.25, 0.3) is 5.91 Å². The van der Waals surface area contributed by atoms with Gasteiger partial charge in [-0.2, -0.15) is 0 Å². The minimum atomic E-state index is -0.207. The molecule has 1 aromatic carbocycles. The highest BCUT2D eigenvalue weighted by atomic mass is 35.5. The highest BCUT2D eigenvalue weighted by molar-refractivity contribution is 7.14. The molecule has 0 radical (unpaired) electrons. The number of amides is 1. The van der Waals surface area contributed by atoms with Crippen molar-refractivity contribution in [1.29, 1.82) is 0 Å². The van der Waals surface area contributed by atoms with E-state index in [0.717, 1.165) is 22.2 Å². The Bertz CT molecular complexity index is 1070. The fourth-order valence-electron chi connectivity index (χ4n) is 2.68. The van der Waals surface area contributed by atoms with E-state index in [1.165, 1.54) is 11.3 Å². The van der Waals surface area contributed by atoms with E-state index in [4.69, 9.17) is 11.6 Å². The summed E-state index contributed by atoms with van der Waals surface area (Å²) in [6.07, 6.45) is 3.46.